The number of nitrogens with zero attached hydrogens (tertiary/aromatic N) is 1. The van der Waals surface area contributed by atoms with Gasteiger partial charge >= 0.3 is 0 Å². The molecule has 1 aromatic rings. The molecule has 0 saturated carbocycles. The van der Waals surface area contributed by atoms with E-state index in [1.165, 1.54) is 18.2 Å². The predicted octanol–water partition coefficient (Wildman–Crippen LogP) is -0.554. The first kappa shape index (κ1) is 13.7. The molecule has 104 valence electrons. The van der Waals surface area contributed by atoms with Crippen molar-refractivity contribution < 1.29 is 25.0 Å². The van der Waals surface area contributed by atoms with Gasteiger partial charge < -0.3 is 25.4 Å². The quantitative estimate of drug-likeness (QED) is 0.428. The van der Waals surface area contributed by atoms with Gasteiger partial charge in [-0.05, 0) is 6.07 Å². The number of ether oxygens (including phenoxy) is 1. The van der Waals surface area contributed by atoms with Gasteiger partial charge in [0.05, 0.1) is 11.5 Å². The van der Waals surface area contributed by atoms with Gasteiger partial charge in [0.1, 0.15) is 24.0 Å². The highest BCUT2D eigenvalue weighted by Crippen LogP contribution is 2.26. The number of benzene rings is 1. The summed E-state index contributed by atoms with van der Waals surface area (Å²) in [4.78, 5) is 10.3. The van der Waals surface area contributed by atoms with Gasteiger partial charge in [-0.25, -0.2) is 0 Å². The summed E-state index contributed by atoms with van der Waals surface area (Å²) in [5, 5.41) is 42.0. The van der Waals surface area contributed by atoms with Crippen LogP contribution in [0.1, 0.15) is 0 Å². The zero-order valence-corrected chi connectivity index (χ0v) is 9.84. The van der Waals surface area contributed by atoms with E-state index in [1.54, 1.807) is 6.07 Å². The highest BCUT2D eigenvalue weighted by atomic mass is 16.6. The lowest BCUT2D eigenvalue weighted by molar-refractivity contribution is -0.384. The Labute approximate surface area is 108 Å². The second-order valence-electron chi connectivity index (χ2n) is 4.22. The molecule has 2 rings (SSSR count). The van der Waals surface area contributed by atoms with E-state index in [0.717, 1.165) is 0 Å². The Balaban J connectivity index is 2.15. The van der Waals surface area contributed by atoms with Crippen molar-refractivity contribution in [2.45, 2.75) is 24.5 Å². The normalized spacial score (nSPS) is 30.9. The molecular formula is C11H14N2O6. The Morgan fingerprint density at radius 3 is 2.63 bits per heavy atom. The largest absolute Gasteiger partial charge is 0.388 e. The topological polar surface area (TPSA) is 125 Å². The Hall–Kier alpha value is -1.74. The summed E-state index contributed by atoms with van der Waals surface area (Å²) < 4.78 is 5.12. The van der Waals surface area contributed by atoms with Gasteiger partial charge in [-0.1, -0.05) is 12.1 Å². The van der Waals surface area contributed by atoms with Crippen LogP contribution in [0.2, 0.25) is 0 Å². The van der Waals surface area contributed by atoms with Gasteiger partial charge in [0.25, 0.3) is 5.69 Å². The fourth-order valence-electron chi connectivity index (χ4n) is 1.84. The Bertz CT molecular complexity index is 468. The number of para-hydroxylation sites is 2. The van der Waals surface area contributed by atoms with Crippen molar-refractivity contribution in [2.75, 3.05) is 11.9 Å². The van der Waals surface area contributed by atoms with Gasteiger partial charge in [0.2, 0.25) is 0 Å². The minimum Gasteiger partial charge on any atom is -0.388 e. The number of anilines is 1. The van der Waals surface area contributed by atoms with E-state index in [4.69, 9.17) is 4.74 Å². The lowest BCUT2D eigenvalue weighted by Gasteiger charge is -2.35. The highest BCUT2D eigenvalue weighted by molar-refractivity contribution is 5.61. The van der Waals surface area contributed by atoms with Crippen LogP contribution in [0.15, 0.2) is 24.3 Å². The Kier molecular flexibility index (Phi) is 3.96. The Morgan fingerprint density at radius 1 is 1.26 bits per heavy atom. The maximum Gasteiger partial charge on any atom is 0.292 e. The molecule has 1 saturated heterocycles. The van der Waals surface area contributed by atoms with Crippen LogP contribution in [0.25, 0.3) is 0 Å². The van der Waals surface area contributed by atoms with Crippen LogP contribution in [-0.4, -0.2) is 51.4 Å². The number of hydrogen-bond donors (Lipinski definition) is 4. The number of aliphatic hydroxyl groups excluding tert-OH is 3. The molecule has 0 spiro atoms. The summed E-state index contributed by atoms with van der Waals surface area (Å²) in [5.41, 5.74) is -0.000878. The van der Waals surface area contributed by atoms with Gasteiger partial charge in [0.15, 0.2) is 6.23 Å². The third-order valence-electron chi connectivity index (χ3n) is 2.90. The molecule has 1 aliphatic rings. The molecule has 8 heteroatoms. The fourth-order valence-corrected chi connectivity index (χ4v) is 1.84. The molecule has 8 nitrogen and oxygen atoms in total. The van der Waals surface area contributed by atoms with Crippen LogP contribution in [0.5, 0.6) is 0 Å². The summed E-state index contributed by atoms with van der Waals surface area (Å²) >= 11 is 0. The maximum atomic E-state index is 10.8. The summed E-state index contributed by atoms with van der Waals surface area (Å²) in [6, 6.07) is 5.88. The summed E-state index contributed by atoms with van der Waals surface area (Å²) in [6.07, 6.45) is -4.96. The van der Waals surface area contributed by atoms with Crippen LogP contribution in [-0.2, 0) is 4.74 Å². The third-order valence-corrected chi connectivity index (χ3v) is 2.90. The molecule has 1 aromatic carbocycles. The molecule has 0 unspecified atom stereocenters. The SMILES string of the molecule is O=[N+]([O-])c1ccccc1N[C@@H]1OC[C@@H](O)[C@@H](O)[C@@H]1O. The van der Waals surface area contributed by atoms with Crippen LogP contribution in [0.3, 0.4) is 0 Å². The number of hydrogen-bond acceptors (Lipinski definition) is 7. The van der Waals surface area contributed by atoms with Gasteiger partial charge in [-0.15, -0.1) is 0 Å². The molecule has 0 bridgehead atoms. The molecule has 1 fully saturated rings. The van der Waals surface area contributed by atoms with E-state index in [1.807, 2.05) is 0 Å². The first-order valence-corrected chi connectivity index (χ1v) is 5.66. The zero-order chi connectivity index (χ0) is 14.0. The molecule has 19 heavy (non-hydrogen) atoms. The maximum absolute atomic E-state index is 10.8. The number of aliphatic hydroxyl groups is 3. The lowest BCUT2D eigenvalue weighted by atomic mass is 10.0. The van der Waals surface area contributed by atoms with E-state index < -0.39 is 29.5 Å². The second kappa shape index (κ2) is 5.49. The molecule has 0 aliphatic carbocycles. The first-order chi connectivity index (χ1) is 9.00. The van der Waals surface area contributed by atoms with Crippen molar-refractivity contribution in [1.29, 1.82) is 0 Å². The third kappa shape index (κ3) is 2.82. The average molecular weight is 270 g/mol. The average Bonchev–Trinajstić information content (AvgIpc) is 2.40. The van der Waals surface area contributed by atoms with Crippen molar-refractivity contribution in [3.8, 4) is 0 Å². The first-order valence-electron chi connectivity index (χ1n) is 5.66. The van der Waals surface area contributed by atoms with Crippen LogP contribution < -0.4 is 5.32 Å². The van der Waals surface area contributed by atoms with Crippen molar-refractivity contribution in [3.05, 3.63) is 34.4 Å². The van der Waals surface area contributed by atoms with Gasteiger partial charge in [-0.3, -0.25) is 10.1 Å². The number of nitro groups is 1. The van der Waals surface area contributed by atoms with Crippen molar-refractivity contribution >= 4 is 11.4 Å². The number of nitro benzene ring substituents is 1. The molecule has 0 amide bonds. The molecule has 1 aliphatic heterocycles. The molecule has 4 atom stereocenters. The summed E-state index contributed by atoms with van der Waals surface area (Å²) in [5.74, 6) is 0. The smallest absolute Gasteiger partial charge is 0.292 e. The minimum atomic E-state index is -1.39. The Morgan fingerprint density at radius 2 is 1.95 bits per heavy atom. The predicted molar refractivity (Wildman–Crippen MR) is 64.5 cm³/mol. The highest BCUT2D eigenvalue weighted by Gasteiger charge is 2.38. The summed E-state index contributed by atoms with van der Waals surface area (Å²) in [7, 11) is 0. The molecular weight excluding hydrogens is 256 g/mol. The van der Waals surface area contributed by atoms with E-state index in [0.29, 0.717) is 0 Å². The fraction of sp³-hybridized carbons (Fsp3) is 0.455. The van der Waals surface area contributed by atoms with Crippen molar-refractivity contribution in [3.63, 3.8) is 0 Å². The summed E-state index contributed by atoms with van der Waals surface area (Å²) in [6.45, 7) is -0.170. The zero-order valence-electron chi connectivity index (χ0n) is 9.84. The standard InChI is InChI=1S/C11H14N2O6/c14-8-5-19-11(10(16)9(8)15)12-6-3-1-2-4-7(6)13(17)18/h1-4,8-12,14-16H,5H2/t8-,9-,10+,11-/m1/s1. The van der Waals surface area contributed by atoms with Crippen LogP contribution in [0, 0.1) is 10.1 Å². The van der Waals surface area contributed by atoms with E-state index in [9.17, 15) is 25.4 Å². The monoisotopic (exact) mass is 270 g/mol. The van der Waals surface area contributed by atoms with E-state index in [-0.39, 0.29) is 18.0 Å². The van der Waals surface area contributed by atoms with Crippen LogP contribution >= 0.6 is 0 Å². The van der Waals surface area contributed by atoms with E-state index >= 15 is 0 Å². The minimum absolute atomic E-state index is 0.167. The van der Waals surface area contributed by atoms with Crippen molar-refractivity contribution in [2.24, 2.45) is 0 Å². The second-order valence-corrected chi connectivity index (χ2v) is 4.22. The molecule has 0 radical (unpaired) electrons. The van der Waals surface area contributed by atoms with E-state index in [2.05, 4.69) is 5.32 Å². The van der Waals surface area contributed by atoms with Gasteiger partial charge in [0, 0.05) is 6.07 Å². The number of rotatable bonds is 3. The number of nitrogens with one attached hydrogen (secondary N) is 1. The van der Waals surface area contributed by atoms with Gasteiger partial charge in [-0.2, -0.15) is 0 Å². The van der Waals surface area contributed by atoms with Crippen LogP contribution in [0.4, 0.5) is 11.4 Å². The molecule has 1 heterocycles. The van der Waals surface area contributed by atoms with Crippen molar-refractivity contribution in [1.82, 2.24) is 0 Å². The lowest BCUT2D eigenvalue weighted by Crippen LogP contribution is -2.55. The molecule has 0 aromatic heterocycles. The molecule has 4 N–H and O–H groups in total.